The van der Waals surface area contributed by atoms with Crippen LogP contribution in [-0.2, 0) is 4.79 Å². The molecule has 1 rings (SSSR count). The van der Waals surface area contributed by atoms with Gasteiger partial charge in [-0.15, -0.1) is 0 Å². The van der Waals surface area contributed by atoms with E-state index in [-0.39, 0.29) is 5.91 Å². The second kappa shape index (κ2) is 5.95. The van der Waals surface area contributed by atoms with E-state index in [9.17, 15) is 14.4 Å². The lowest BCUT2D eigenvalue weighted by Gasteiger charge is -2.31. The molecule has 1 aromatic carbocycles. The molecule has 114 valence electrons. The molecule has 0 heterocycles. The van der Waals surface area contributed by atoms with Gasteiger partial charge in [-0.25, -0.2) is 4.79 Å². The van der Waals surface area contributed by atoms with Crippen LogP contribution in [0.15, 0.2) is 24.3 Å². The smallest absolute Gasteiger partial charge is 0.329 e. The van der Waals surface area contributed by atoms with Crippen LogP contribution in [0.2, 0.25) is 0 Å². The van der Waals surface area contributed by atoms with Crippen LogP contribution in [0.3, 0.4) is 0 Å². The summed E-state index contributed by atoms with van der Waals surface area (Å²) in [5.41, 5.74) is -0.506. The Kier molecular flexibility index (Phi) is 4.73. The third-order valence-corrected chi connectivity index (χ3v) is 3.45. The van der Waals surface area contributed by atoms with Gasteiger partial charge in [0.15, 0.2) is 0 Å². The van der Waals surface area contributed by atoms with E-state index < -0.39 is 17.4 Å². The highest BCUT2D eigenvalue weighted by molar-refractivity contribution is 5.99. The van der Waals surface area contributed by atoms with E-state index >= 15 is 0 Å². The number of carbonyl (C=O) groups excluding carboxylic acids is 2. The van der Waals surface area contributed by atoms with Crippen LogP contribution in [0, 0.1) is 0 Å². The molecule has 0 saturated heterocycles. The summed E-state index contributed by atoms with van der Waals surface area (Å²) in [6.07, 6.45) is 0. The van der Waals surface area contributed by atoms with Crippen LogP contribution < -0.4 is 0 Å². The van der Waals surface area contributed by atoms with Gasteiger partial charge in [0.1, 0.15) is 5.54 Å². The number of benzene rings is 1. The Labute approximate surface area is 124 Å². The third-order valence-electron chi connectivity index (χ3n) is 3.45. The zero-order valence-electron chi connectivity index (χ0n) is 12.9. The molecule has 0 atom stereocenters. The van der Waals surface area contributed by atoms with Gasteiger partial charge in [-0.3, -0.25) is 9.59 Å². The Morgan fingerprint density at radius 3 is 1.62 bits per heavy atom. The van der Waals surface area contributed by atoms with Crippen molar-refractivity contribution in [2.45, 2.75) is 19.4 Å². The van der Waals surface area contributed by atoms with E-state index in [4.69, 9.17) is 5.11 Å². The fourth-order valence-corrected chi connectivity index (χ4v) is 1.60. The largest absolute Gasteiger partial charge is 0.480 e. The molecule has 0 aliphatic carbocycles. The quantitative estimate of drug-likeness (QED) is 0.908. The number of likely N-dealkylation sites (N-methyl/N-ethyl adjacent to an activating group) is 1. The van der Waals surface area contributed by atoms with Gasteiger partial charge in [-0.2, -0.15) is 0 Å². The summed E-state index contributed by atoms with van der Waals surface area (Å²) in [5, 5.41) is 9.14. The number of hydrogen-bond donors (Lipinski definition) is 1. The molecule has 6 nitrogen and oxygen atoms in total. The monoisotopic (exact) mass is 292 g/mol. The standard InChI is InChI=1S/C15H20N2O4/c1-15(2,14(20)21)17(5)13(19)11-8-6-10(7-9-11)12(18)16(3)4/h6-9H,1-5H3,(H,20,21). The maximum absolute atomic E-state index is 12.3. The van der Waals surface area contributed by atoms with E-state index in [1.807, 2.05) is 0 Å². The van der Waals surface area contributed by atoms with Crippen LogP contribution in [-0.4, -0.2) is 59.4 Å². The van der Waals surface area contributed by atoms with Crippen molar-refractivity contribution in [1.82, 2.24) is 9.80 Å². The van der Waals surface area contributed by atoms with Crippen molar-refractivity contribution in [2.75, 3.05) is 21.1 Å². The molecule has 21 heavy (non-hydrogen) atoms. The molecule has 0 aliphatic rings. The lowest BCUT2D eigenvalue weighted by atomic mass is 10.0. The average molecular weight is 292 g/mol. The van der Waals surface area contributed by atoms with Crippen LogP contribution in [0.1, 0.15) is 34.6 Å². The van der Waals surface area contributed by atoms with E-state index in [1.54, 1.807) is 26.2 Å². The van der Waals surface area contributed by atoms with E-state index in [0.717, 1.165) is 4.90 Å². The van der Waals surface area contributed by atoms with Gasteiger partial charge < -0.3 is 14.9 Å². The van der Waals surface area contributed by atoms with Crippen molar-refractivity contribution in [1.29, 1.82) is 0 Å². The highest BCUT2D eigenvalue weighted by atomic mass is 16.4. The number of hydrogen-bond acceptors (Lipinski definition) is 3. The molecule has 1 N–H and O–H groups in total. The van der Waals surface area contributed by atoms with Crippen molar-refractivity contribution < 1.29 is 19.5 Å². The maximum atomic E-state index is 12.3. The van der Waals surface area contributed by atoms with Crippen LogP contribution in [0.4, 0.5) is 0 Å². The number of rotatable bonds is 4. The first-order valence-electron chi connectivity index (χ1n) is 6.42. The van der Waals surface area contributed by atoms with Gasteiger partial charge in [-0.05, 0) is 38.1 Å². The minimum atomic E-state index is -1.31. The number of carboxylic acids is 1. The summed E-state index contributed by atoms with van der Waals surface area (Å²) in [4.78, 5) is 37.8. The predicted octanol–water partition coefficient (Wildman–Crippen LogP) is 1.32. The van der Waals surface area contributed by atoms with Gasteiger partial charge in [-0.1, -0.05) is 0 Å². The summed E-state index contributed by atoms with van der Waals surface area (Å²) in [7, 11) is 4.73. The molecule has 0 spiro atoms. The van der Waals surface area contributed by atoms with Crippen LogP contribution in [0.5, 0.6) is 0 Å². The van der Waals surface area contributed by atoms with E-state index in [1.165, 1.54) is 37.9 Å². The first-order chi connectivity index (χ1) is 9.59. The Bertz CT molecular complexity index is 562. The molecule has 0 unspecified atom stereocenters. The van der Waals surface area contributed by atoms with Crippen molar-refractivity contribution in [3.05, 3.63) is 35.4 Å². The molecule has 0 radical (unpaired) electrons. The Balaban J connectivity index is 3.00. The molecule has 0 fully saturated rings. The Morgan fingerprint density at radius 2 is 1.29 bits per heavy atom. The van der Waals surface area contributed by atoms with Crippen LogP contribution in [0.25, 0.3) is 0 Å². The van der Waals surface area contributed by atoms with Gasteiger partial charge in [0.25, 0.3) is 11.8 Å². The van der Waals surface area contributed by atoms with Crippen molar-refractivity contribution >= 4 is 17.8 Å². The van der Waals surface area contributed by atoms with Crippen molar-refractivity contribution in [2.24, 2.45) is 0 Å². The highest BCUT2D eigenvalue weighted by Gasteiger charge is 2.35. The summed E-state index contributed by atoms with van der Waals surface area (Å²) in [6, 6.07) is 6.15. The first kappa shape index (κ1) is 16.7. The van der Waals surface area contributed by atoms with Gasteiger partial charge in [0, 0.05) is 32.3 Å². The van der Waals surface area contributed by atoms with Crippen molar-refractivity contribution in [3.63, 3.8) is 0 Å². The number of amides is 2. The number of carboxylic acid groups (broad SMARTS) is 1. The zero-order chi connectivity index (χ0) is 16.4. The lowest BCUT2D eigenvalue weighted by molar-refractivity contribution is -0.147. The van der Waals surface area contributed by atoms with Gasteiger partial charge in [0.05, 0.1) is 0 Å². The number of nitrogens with zero attached hydrogens (tertiary/aromatic N) is 2. The number of aliphatic carboxylic acids is 1. The predicted molar refractivity (Wildman–Crippen MR) is 78.3 cm³/mol. The molecule has 1 aromatic rings. The highest BCUT2D eigenvalue weighted by Crippen LogP contribution is 2.17. The minimum Gasteiger partial charge on any atom is -0.480 e. The first-order valence-corrected chi connectivity index (χ1v) is 6.42. The summed E-state index contributed by atoms with van der Waals surface area (Å²) in [6.45, 7) is 2.91. The SMILES string of the molecule is CN(C)C(=O)c1ccc(C(=O)N(C)C(C)(C)C(=O)O)cc1. The van der Waals surface area contributed by atoms with E-state index in [2.05, 4.69) is 0 Å². The maximum Gasteiger partial charge on any atom is 0.329 e. The normalized spacial score (nSPS) is 10.9. The Hall–Kier alpha value is -2.37. The summed E-state index contributed by atoms with van der Waals surface area (Å²) in [5.74, 6) is -1.66. The summed E-state index contributed by atoms with van der Waals surface area (Å²) >= 11 is 0. The molecule has 0 aliphatic heterocycles. The zero-order valence-corrected chi connectivity index (χ0v) is 12.9. The molecular formula is C15H20N2O4. The Morgan fingerprint density at radius 1 is 0.905 bits per heavy atom. The van der Waals surface area contributed by atoms with Crippen molar-refractivity contribution in [3.8, 4) is 0 Å². The molecule has 0 aromatic heterocycles. The van der Waals surface area contributed by atoms with Crippen LogP contribution >= 0.6 is 0 Å². The molecule has 6 heteroatoms. The molecule has 2 amide bonds. The second-order valence-electron chi connectivity index (χ2n) is 5.51. The minimum absolute atomic E-state index is 0.159. The topological polar surface area (TPSA) is 77.9 Å². The fraction of sp³-hybridized carbons (Fsp3) is 0.400. The molecule has 0 bridgehead atoms. The van der Waals surface area contributed by atoms with E-state index in [0.29, 0.717) is 11.1 Å². The van der Waals surface area contributed by atoms with Gasteiger partial charge >= 0.3 is 5.97 Å². The average Bonchev–Trinajstić information content (AvgIpc) is 2.44. The lowest BCUT2D eigenvalue weighted by Crippen LogP contribution is -2.50. The number of carbonyl (C=O) groups is 3. The fourth-order valence-electron chi connectivity index (χ4n) is 1.60. The second-order valence-corrected chi connectivity index (χ2v) is 5.51. The summed E-state index contributed by atoms with van der Waals surface area (Å²) < 4.78 is 0. The third kappa shape index (κ3) is 3.39. The molecular weight excluding hydrogens is 272 g/mol. The molecule has 0 saturated carbocycles. The van der Waals surface area contributed by atoms with Gasteiger partial charge in [0.2, 0.25) is 0 Å².